The molecule has 0 unspecified atom stereocenters. The number of anilines is 1. The molecule has 0 saturated carbocycles. The number of hydrogen-bond donors (Lipinski definition) is 1. The van der Waals surface area contributed by atoms with Gasteiger partial charge in [-0.2, -0.15) is 0 Å². The number of amides is 1. The number of nitrogens with one attached hydrogen (secondary N) is 1. The first-order valence-corrected chi connectivity index (χ1v) is 7.72. The Kier molecular flexibility index (Phi) is 5.14. The third kappa shape index (κ3) is 3.81. The van der Waals surface area contributed by atoms with Gasteiger partial charge in [0.05, 0.1) is 23.2 Å². The van der Waals surface area contributed by atoms with Crippen molar-refractivity contribution in [1.29, 1.82) is 0 Å². The zero-order valence-corrected chi connectivity index (χ0v) is 13.9. The third-order valence-electron chi connectivity index (χ3n) is 3.71. The summed E-state index contributed by atoms with van der Waals surface area (Å²) < 4.78 is 15.5. The molecule has 134 valence electrons. The first kappa shape index (κ1) is 17.4. The van der Waals surface area contributed by atoms with Crippen molar-refractivity contribution in [2.24, 2.45) is 0 Å². The lowest BCUT2D eigenvalue weighted by Crippen LogP contribution is -2.10. The lowest BCUT2D eigenvalue weighted by atomic mass is 10.1. The molecule has 0 bridgehead atoms. The minimum absolute atomic E-state index is 0.0103. The molecule has 0 aromatic heterocycles. The van der Waals surface area contributed by atoms with Crippen molar-refractivity contribution in [2.75, 3.05) is 19.2 Å². The molecule has 0 fully saturated rings. The number of benzene rings is 2. The first-order valence-electron chi connectivity index (χ1n) is 7.72. The second-order valence-corrected chi connectivity index (χ2v) is 5.43. The van der Waals surface area contributed by atoms with Crippen LogP contribution in [0.1, 0.15) is 11.1 Å². The van der Waals surface area contributed by atoms with Gasteiger partial charge in [-0.05, 0) is 18.2 Å². The fourth-order valence-electron chi connectivity index (χ4n) is 2.50. The summed E-state index contributed by atoms with van der Waals surface area (Å²) in [5, 5.41) is 14.0. The maximum atomic E-state index is 12.2. The monoisotopic (exact) mass is 356 g/mol. The molecule has 3 rings (SSSR count). The van der Waals surface area contributed by atoms with E-state index in [0.29, 0.717) is 23.8 Å². The Labute approximate surface area is 149 Å². The lowest BCUT2D eigenvalue weighted by Gasteiger charge is -2.08. The van der Waals surface area contributed by atoms with Crippen LogP contribution in [0, 0.1) is 10.1 Å². The largest absolute Gasteiger partial charge is 0.454 e. The topological polar surface area (TPSA) is 99.9 Å². The van der Waals surface area contributed by atoms with Crippen molar-refractivity contribution < 1.29 is 23.9 Å². The molecular weight excluding hydrogens is 340 g/mol. The third-order valence-corrected chi connectivity index (χ3v) is 3.71. The summed E-state index contributed by atoms with van der Waals surface area (Å²) in [6.45, 7) is 0.365. The molecule has 0 saturated heterocycles. The number of para-hydroxylation sites is 1. The Balaban J connectivity index is 1.80. The van der Waals surface area contributed by atoms with E-state index in [1.54, 1.807) is 19.2 Å². The summed E-state index contributed by atoms with van der Waals surface area (Å²) in [6, 6.07) is 9.99. The average Bonchev–Trinajstić information content (AvgIpc) is 3.08. The van der Waals surface area contributed by atoms with E-state index >= 15 is 0 Å². The first-order chi connectivity index (χ1) is 12.6. The molecule has 0 atom stereocenters. The quantitative estimate of drug-likeness (QED) is 0.485. The van der Waals surface area contributed by atoms with Crippen LogP contribution in [0.3, 0.4) is 0 Å². The van der Waals surface area contributed by atoms with E-state index in [1.807, 2.05) is 12.1 Å². The highest BCUT2D eigenvalue weighted by atomic mass is 16.7. The normalized spacial score (nSPS) is 12.3. The number of carbonyl (C=O) groups excluding carboxylic acids is 1. The summed E-state index contributed by atoms with van der Waals surface area (Å²) in [5.74, 6) is 0.299. The van der Waals surface area contributed by atoms with Crippen LogP contribution in [0.4, 0.5) is 11.4 Å². The molecule has 1 heterocycles. The van der Waals surface area contributed by atoms with Gasteiger partial charge in [0, 0.05) is 24.4 Å². The van der Waals surface area contributed by atoms with E-state index in [4.69, 9.17) is 14.2 Å². The van der Waals surface area contributed by atoms with Gasteiger partial charge >= 0.3 is 0 Å². The van der Waals surface area contributed by atoms with Crippen LogP contribution in [-0.4, -0.2) is 24.7 Å². The van der Waals surface area contributed by atoms with E-state index in [1.165, 1.54) is 24.3 Å². The van der Waals surface area contributed by atoms with Gasteiger partial charge in [-0.15, -0.1) is 0 Å². The highest BCUT2D eigenvalue weighted by molar-refractivity contribution is 6.02. The molecule has 2 aromatic rings. The highest BCUT2D eigenvalue weighted by Crippen LogP contribution is 2.38. The Morgan fingerprint density at radius 2 is 2.04 bits per heavy atom. The van der Waals surface area contributed by atoms with Crippen molar-refractivity contribution in [3.8, 4) is 11.5 Å². The molecule has 8 heteroatoms. The maximum absolute atomic E-state index is 12.2. The zero-order valence-electron chi connectivity index (χ0n) is 13.9. The van der Waals surface area contributed by atoms with E-state index in [0.717, 1.165) is 5.56 Å². The fraction of sp³-hybridized carbons (Fsp3) is 0.167. The van der Waals surface area contributed by atoms with Crippen molar-refractivity contribution in [3.63, 3.8) is 0 Å². The van der Waals surface area contributed by atoms with Gasteiger partial charge in [0.15, 0.2) is 11.5 Å². The predicted molar refractivity (Wildman–Crippen MR) is 94.0 cm³/mol. The maximum Gasteiger partial charge on any atom is 0.280 e. The van der Waals surface area contributed by atoms with Crippen LogP contribution in [0.25, 0.3) is 6.08 Å². The number of hydrogen-bond acceptors (Lipinski definition) is 6. The Morgan fingerprint density at radius 1 is 1.31 bits per heavy atom. The van der Waals surface area contributed by atoms with Crippen LogP contribution in [0.5, 0.6) is 11.5 Å². The molecule has 26 heavy (non-hydrogen) atoms. The van der Waals surface area contributed by atoms with Gasteiger partial charge in [0.25, 0.3) is 5.69 Å². The summed E-state index contributed by atoms with van der Waals surface area (Å²) in [5.41, 5.74) is 1.52. The number of ether oxygens (including phenoxy) is 3. The molecule has 0 aliphatic carbocycles. The number of nitro groups is 1. The van der Waals surface area contributed by atoms with Gasteiger partial charge in [0.2, 0.25) is 12.7 Å². The van der Waals surface area contributed by atoms with Gasteiger partial charge < -0.3 is 19.5 Å². The summed E-state index contributed by atoms with van der Waals surface area (Å²) in [6.07, 6.45) is 2.60. The fourth-order valence-corrected chi connectivity index (χ4v) is 2.50. The molecule has 0 radical (unpaired) electrons. The number of fused-ring (bicyclic) bond motifs is 1. The van der Waals surface area contributed by atoms with Gasteiger partial charge in [0.1, 0.15) is 0 Å². The van der Waals surface area contributed by atoms with Crippen LogP contribution >= 0.6 is 0 Å². The molecular formula is C18H16N2O6. The molecule has 1 N–H and O–H groups in total. The number of rotatable bonds is 6. The second-order valence-electron chi connectivity index (χ2n) is 5.43. The van der Waals surface area contributed by atoms with E-state index in [2.05, 4.69) is 5.32 Å². The molecule has 8 nitrogen and oxygen atoms in total. The van der Waals surface area contributed by atoms with Gasteiger partial charge in [-0.3, -0.25) is 14.9 Å². The standard InChI is InChI=1S/C18H16N2O6/c1-24-10-13-4-2-3-5-14(13)19-18(21)7-6-12-8-16-17(26-11-25-16)9-15(12)20(22)23/h2-9H,10-11H2,1H3,(H,19,21). The van der Waals surface area contributed by atoms with Crippen molar-refractivity contribution >= 4 is 23.4 Å². The SMILES string of the molecule is COCc1ccccc1NC(=O)C=Cc1cc2c(cc1[N+](=O)[O-])OCO2. The van der Waals surface area contributed by atoms with Crippen LogP contribution in [0.15, 0.2) is 42.5 Å². The molecule has 1 aliphatic heterocycles. The van der Waals surface area contributed by atoms with Crippen LogP contribution in [0.2, 0.25) is 0 Å². The summed E-state index contributed by atoms with van der Waals surface area (Å²) in [7, 11) is 1.57. The Bertz CT molecular complexity index is 878. The summed E-state index contributed by atoms with van der Waals surface area (Å²) >= 11 is 0. The van der Waals surface area contributed by atoms with Crippen molar-refractivity contribution in [1.82, 2.24) is 0 Å². The van der Waals surface area contributed by atoms with Crippen molar-refractivity contribution in [3.05, 3.63) is 63.7 Å². The van der Waals surface area contributed by atoms with Crippen LogP contribution < -0.4 is 14.8 Å². The smallest absolute Gasteiger partial charge is 0.280 e. The Morgan fingerprint density at radius 3 is 2.77 bits per heavy atom. The minimum atomic E-state index is -0.534. The van der Waals surface area contributed by atoms with E-state index in [9.17, 15) is 14.9 Å². The minimum Gasteiger partial charge on any atom is -0.454 e. The van der Waals surface area contributed by atoms with Crippen molar-refractivity contribution in [2.45, 2.75) is 6.61 Å². The van der Waals surface area contributed by atoms with Gasteiger partial charge in [-0.1, -0.05) is 18.2 Å². The van der Waals surface area contributed by atoms with Crippen LogP contribution in [-0.2, 0) is 16.1 Å². The predicted octanol–water partition coefficient (Wildman–Crippen LogP) is 3.12. The lowest BCUT2D eigenvalue weighted by molar-refractivity contribution is -0.385. The second kappa shape index (κ2) is 7.66. The summed E-state index contributed by atoms with van der Waals surface area (Å²) in [4.78, 5) is 22.9. The number of nitrogens with zero attached hydrogens (tertiary/aromatic N) is 1. The van der Waals surface area contributed by atoms with E-state index in [-0.39, 0.29) is 18.0 Å². The number of nitro benzene ring substituents is 1. The van der Waals surface area contributed by atoms with E-state index < -0.39 is 10.8 Å². The molecule has 1 aliphatic rings. The number of methoxy groups -OCH3 is 1. The molecule has 0 spiro atoms. The highest BCUT2D eigenvalue weighted by Gasteiger charge is 2.22. The molecule has 2 aromatic carbocycles. The Hall–Kier alpha value is -3.39. The molecule has 1 amide bonds. The number of carbonyl (C=O) groups is 1. The van der Waals surface area contributed by atoms with Gasteiger partial charge in [-0.25, -0.2) is 0 Å². The zero-order chi connectivity index (χ0) is 18.5. The average molecular weight is 356 g/mol.